The van der Waals surface area contributed by atoms with E-state index in [-0.39, 0.29) is 11.6 Å². The van der Waals surface area contributed by atoms with Gasteiger partial charge in [0.2, 0.25) is 0 Å². The van der Waals surface area contributed by atoms with Gasteiger partial charge in [0.05, 0.1) is 21.7 Å². The molecule has 1 heterocycles. The monoisotopic (exact) mass is 441 g/mol. The summed E-state index contributed by atoms with van der Waals surface area (Å²) in [6, 6.07) is 3.64. The highest BCUT2D eigenvalue weighted by Gasteiger charge is 2.36. The van der Waals surface area contributed by atoms with Crippen LogP contribution in [-0.2, 0) is 15.7 Å². The molecule has 0 aliphatic heterocycles. The number of carbonyl (C=O) groups is 2. The van der Waals surface area contributed by atoms with Crippen LogP contribution >= 0.6 is 0 Å². The lowest BCUT2D eigenvalue weighted by atomic mass is 10.1. The van der Waals surface area contributed by atoms with Gasteiger partial charge in [-0.2, -0.15) is 13.2 Å². The predicted octanol–water partition coefficient (Wildman–Crippen LogP) is 4.80. The number of anilines is 1. The first-order valence-electron chi connectivity index (χ1n) is 9.30. The number of halogens is 3. The molecule has 2 rings (SSSR count). The molecule has 1 N–H and O–H groups in total. The van der Waals surface area contributed by atoms with Gasteiger partial charge in [0.1, 0.15) is 0 Å². The number of nitrogens with one attached hydrogen (secondary N) is 1. The number of hydrogen-bond donors (Lipinski definition) is 1. The van der Waals surface area contributed by atoms with Crippen molar-refractivity contribution < 1.29 is 32.4 Å². The minimum Gasteiger partial charge on any atom is -0.449 e. The molecule has 0 radical (unpaired) electrons. The Bertz CT molecular complexity index is 1030. The molecule has 0 saturated carbocycles. The van der Waals surface area contributed by atoms with Gasteiger partial charge < -0.3 is 14.6 Å². The van der Waals surface area contributed by atoms with E-state index in [1.165, 1.54) is 6.92 Å². The van der Waals surface area contributed by atoms with Crippen LogP contribution in [0.5, 0.6) is 0 Å². The van der Waals surface area contributed by atoms with E-state index in [4.69, 9.17) is 4.74 Å². The lowest BCUT2D eigenvalue weighted by Gasteiger charge is -2.17. The molecule has 168 valence electrons. The molecule has 1 unspecified atom stereocenters. The molecule has 0 aliphatic rings. The molecule has 0 saturated heterocycles. The zero-order valence-electron chi connectivity index (χ0n) is 17.5. The number of ether oxygens (including phenoxy) is 1. The summed E-state index contributed by atoms with van der Waals surface area (Å²) in [4.78, 5) is 34.6. The summed E-state index contributed by atoms with van der Waals surface area (Å²) >= 11 is 0. The molecule has 2 aromatic rings. The molecular formula is C20H22F3N3O5. The molecule has 31 heavy (non-hydrogen) atoms. The summed E-state index contributed by atoms with van der Waals surface area (Å²) in [5.74, 6) is -1.80. The molecule has 0 fully saturated rings. The minimum absolute atomic E-state index is 0.0881. The number of amides is 1. The largest absolute Gasteiger partial charge is 0.449 e. The molecule has 0 bridgehead atoms. The smallest absolute Gasteiger partial charge is 0.418 e. The van der Waals surface area contributed by atoms with Crippen molar-refractivity contribution in [3.05, 3.63) is 56.9 Å². The Morgan fingerprint density at radius 1 is 1.16 bits per heavy atom. The topological polar surface area (TPSA) is 103 Å². The third-order valence-electron chi connectivity index (χ3n) is 4.65. The number of hydrogen-bond acceptors (Lipinski definition) is 5. The second-order valence-electron chi connectivity index (χ2n) is 7.27. The van der Waals surface area contributed by atoms with Crippen molar-refractivity contribution in [1.82, 2.24) is 4.57 Å². The zero-order chi connectivity index (χ0) is 23.7. The summed E-state index contributed by atoms with van der Waals surface area (Å²) in [6.45, 7) is 8.63. The molecular weight excluding hydrogens is 419 g/mol. The summed E-state index contributed by atoms with van der Waals surface area (Å²) in [7, 11) is 0. The van der Waals surface area contributed by atoms with Gasteiger partial charge in [0, 0.05) is 29.6 Å². The van der Waals surface area contributed by atoms with Gasteiger partial charge in [-0.25, -0.2) is 4.79 Å². The van der Waals surface area contributed by atoms with E-state index in [9.17, 15) is 32.9 Å². The normalized spacial score (nSPS) is 12.5. The maximum absolute atomic E-state index is 13.3. The third-order valence-corrected chi connectivity index (χ3v) is 4.65. The van der Waals surface area contributed by atoms with Gasteiger partial charge in [-0.1, -0.05) is 0 Å². The first kappa shape index (κ1) is 23.9. The maximum Gasteiger partial charge on any atom is 0.418 e. The number of benzene rings is 1. The number of aromatic nitrogens is 1. The Kier molecular flexibility index (Phi) is 6.77. The molecule has 1 aromatic carbocycles. The van der Waals surface area contributed by atoms with Gasteiger partial charge in [-0.3, -0.25) is 14.9 Å². The highest BCUT2D eigenvalue weighted by atomic mass is 19.4. The van der Waals surface area contributed by atoms with Gasteiger partial charge >= 0.3 is 12.1 Å². The van der Waals surface area contributed by atoms with E-state index >= 15 is 0 Å². The average molecular weight is 441 g/mol. The number of nitrogens with zero attached hydrogens (tertiary/aromatic N) is 2. The van der Waals surface area contributed by atoms with Crippen LogP contribution in [-0.4, -0.2) is 27.5 Å². The first-order chi connectivity index (χ1) is 14.2. The number of carbonyl (C=O) groups excluding carboxylic acids is 2. The second-order valence-corrected chi connectivity index (χ2v) is 7.27. The number of non-ortho nitro benzene ring substituents is 1. The fourth-order valence-electron chi connectivity index (χ4n) is 3.28. The molecule has 1 amide bonds. The highest BCUT2D eigenvalue weighted by Crippen LogP contribution is 2.37. The van der Waals surface area contributed by atoms with Crippen molar-refractivity contribution in [3.8, 4) is 0 Å². The van der Waals surface area contributed by atoms with Crippen molar-refractivity contribution >= 4 is 23.3 Å². The first-order valence-corrected chi connectivity index (χ1v) is 9.30. The summed E-state index contributed by atoms with van der Waals surface area (Å²) in [5.41, 5.74) is -1.13. The Morgan fingerprint density at radius 2 is 1.77 bits per heavy atom. The molecule has 0 spiro atoms. The van der Waals surface area contributed by atoms with E-state index in [2.05, 4.69) is 0 Å². The van der Waals surface area contributed by atoms with E-state index in [1.807, 2.05) is 30.7 Å². The number of rotatable bonds is 6. The fourth-order valence-corrected chi connectivity index (χ4v) is 3.28. The Labute approximate surface area is 176 Å². The van der Waals surface area contributed by atoms with Gasteiger partial charge in [-0.15, -0.1) is 0 Å². The van der Waals surface area contributed by atoms with Crippen LogP contribution in [0.1, 0.15) is 54.1 Å². The van der Waals surface area contributed by atoms with E-state index < -0.39 is 46.0 Å². The zero-order valence-corrected chi connectivity index (χ0v) is 17.5. The van der Waals surface area contributed by atoms with Crippen LogP contribution in [0.25, 0.3) is 0 Å². The van der Waals surface area contributed by atoms with Crippen LogP contribution in [0.3, 0.4) is 0 Å². The van der Waals surface area contributed by atoms with Crippen LogP contribution in [0.2, 0.25) is 0 Å². The lowest BCUT2D eigenvalue weighted by molar-refractivity contribution is -0.385. The maximum atomic E-state index is 13.3. The van der Waals surface area contributed by atoms with E-state index in [0.717, 1.165) is 17.8 Å². The number of nitro groups is 1. The highest BCUT2D eigenvalue weighted by molar-refractivity contribution is 5.98. The van der Waals surface area contributed by atoms with Crippen LogP contribution in [0.4, 0.5) is 24.5 Å². The Hall–Kier alpha value is -3.37. The summed E-state index contributed by atoms with van der Waals surface area (Å²) < 4.78 is 46.8. The predicted molar refractivity (Wildman–Crippen MR) is 106 cm³/mol. The molecule has 11 heteroatoms. The van der Waals surface area contributed by atoms with E-state index in [1.54, 1.807) is 13.0 Å². The summed E-state index contributed by atoms with van der Waals surface area (Å²) in [5, 5.41) is 12.8. The molecule has 1 atom stereocenters. The number of esters is 1. The van der Waals surface area contributed by atoms with Crippen molar-refractivity contribution in [1.29, 1.82) is 0 Å². The van der Waals surface area contributed by atoms with Gasteiger partial charge in [0.25, 0.3) is 11.6 Å². The Balaban J connectivity index is 2.21. The molecule has 8 nitrogen and oxygen atoms in total. The lowest BCUT2D eigenvalue weighted by Crippen LogP contribution is -2.31. The Morgan fingerprint density at radius 3 is 2.26 bits per heavy atom. The quantitative estimate of drug-likeness (QED) is 0.394. The number of alkyl halides is 3. The molecule has 0 aliphatic carbocycles. The average Bonchev–Trinajstić information content (AvgIpc) is 2.95. The number of nitro benzene ring substituents is 1. The standard InChI is InChI=1S/C20H22F3N3O5/c1-10(2)25-11(3)8-15(12(25)4)19(28)31-13(5)18(27)24-17-7-6-14(26(29)30)9-16(17)20(21,22)23/h6-10,13H,1-5H3,(H,24,27). The van der Waals surface area contributed by atoms with Crippen molar-refractivity contribution in [2.45, 2.75) is 52.9 Å². The van der Waals surface area contributed by atoms with Crippen LogP contribution in [0.15, 0.2) is 24.3 Å². The van der Waals surface area contributed by atoms with Crippen LogP contribution < -0.4 is 5.32 Å². The SMILES string of the molecule is Cc1cc(C(=O)OC(C)C(=O)Nc2ccc([N+](=O)[O-])cc2C(F)(F)F)c(C)n1C(C)C. The molecule has 1 aromatic heterocycles. The summed E-state index contributed by atoms with van der Waals surface area (Å²) in [6.07, 6.45) is -6.35. The van der Waals surface area contributed by atoms with Crippen molar-refractivity contribution in [2.75, 3.05) is 5.32 Å². The van der Waals surface area contributed by atoms with Crippen molar-refractivity contribution in [2.24, 2.45) is 0 Å². The third kappa shape index (κ3) is 5.22. The van der Waals surface area contributed by atoms with Crippen molar-refractivity contribution in [3.63, 3.8) is 0 Å². The van der Waals surface area contributed by atoms with Gasteiger partial charge in [-0.05, 0) is 46.8 Å². The van der Waals surface area contributed by atoms with E-state index in [0.29, 0.717) is 11.8 Å². The minimum atomic E-state index is -4.94. The second kappa shape index (κ2) is 8.78. The van der Waals surface area contributed by atoms with Gasteiger partial charge in [0.15, 0.2) is 6.10 Å². The number of aryl methyl sites for hydroxylation is 1. The fraction of sp³-hybridized carbons (Fsp3) is 0.400. The van der Waals surface area contributed by atoms with Crippen LogP contribution in [0, 0.1) is 24.0 Å².